The number of carboxylic acid groups (broad SMARTS) is 1. The molecule has 1 aromatic heterocycles. The van der Waals surface area contributed by atoms with Crippen LogP contribution in [0.15, 0.2) is 35.8 Å². The highest BCUT2D eigenvalue weighted by molar-refractivity contribution is 7.13. The number of rotatable bonds is 3. The van der Waals surface area contributed by atoms with Crippen molar-refractivity contribution in [3.8, 4) is 0 Å². The Bertz CT molecular complexity index is 592. The van der Waals surface area contributed by atoms with Gasteiger partial charge in [0.05, 0.1) is 5.56 Å². The van der Waals surface area contributed by atoms with Crippen molar-refractivity contribution in [1.82, 2.24) is 4.98 Å². The van der Waals surface area contributed by atoms with Gasteiger partial charge in [-0.25, -0.2) is 9.78 Å². The van der Waals surface area contributed by atoms with Gasteiger partial charge >= 0.3 is 5.97 Å². The van der Waals surface area contributed by atoms with E-state index in [9.17, 15) is 4.79 Å². The second-order valence-electron chi connectivity index (χ2n) is 4.64. The lowest BCUT2D eigenvalue weighted by atomic mass is 10.1. The fraction of sp³-hybridized carbons (Fsp3) is 0.286. The Morgan fingerprint density at radius 2 is 1.95 bits per heavy atom. The third kappa shape index (κ3) is 2.60. The largest absolute Gasteiger partial charge is 0.478 e. The number of piperazine rings is 1. The average molecular weight is 289 g/mol. The van der Waals surface area contributed by atoms with Crippen LogP contribution < -0.4 is 9.80 Å². The number of thiazole rings is 1. The van der Waals surface area contributed by atoms with E-state index < -0.39 is 5.97 Å². The summed E-state index contributed by atoms with van der Waals surface area (Å²) >= 11 is 1.65. The fourth-order valence-electron chi connectivity index (χ4n) is 2.36. The molecule has 1 aliphatic heterocycles. The van der Waals surface area contributed by atoms with Gasteiger partial charge in [-0.1, -0.05) is 6.07 Å². The zero-order chi connectivity index (χ0) is 13.9. The summed E-state index contributed by atoms with van der Waals surface area (Å²) in [5.41, 5.74) is 1.31. The monoisotopic (exact) mass is 289 g/mol. The minimum atomic E-state index is -0.881. The van der Waals surface area contributed by atoms with Gasteiger partial charge in [0.15, 0.2) is 5.13 Å². The first-order valence-corrected chi connectivity index (χ1v) is 7.35. The van der Waals surface area contributed by atoms with E-state index in [-0.39, 0.29) is 0 Å². The molecule has 2 aromatic rings. The van der Waals surface area contributed by atoms with E-state index in [0.717, 1.165) is 37.0 Å². The van der Waals surface area contributed by atoms with Crippen LogP contribution in [0.5, 0.6) is 0 Å². The Morgan fingerprint density at radius 3 is 2.60 bits per heavy atom. The summed E-state index contributed by atoms with van der Waals surface area (Å²) in [4.78, 5) is 19.8. The van der Waals surface area contributed by atoms with Crippen LogP contribution in [0.2, 0.25) is 0 Å². The molecule has 1 aromatic carbocycles. The first-order chi connectivity index (χ1) is 9.74. The Labute approximate surface area is 121 Å². The minimum absolute atomic E-state index is 0.338. The molecule has 5 nitrogen and oxygen atoms in total. The van der Waals surface area contributed by atoms with E-state index in [4.69, 9.17) is 5.11 Å². The van der Waals surface area contributed by atoms with E-state index in [0.29, 0.717) is 5.56 Å². The van der Waals surface area contributed by atoms with E-state index in [2.05, 4.69) is 14.8 Å². The quantitative estimate of drug-likeness (QED) is 0.938. The number of carboxylic acids is 1. The molecule has 104 valence electrons. The SMILES string of the molecule is O=C(O)c1cccc(N2CCN(c3nccs3)CC2)c1. The third-order valence-electron chi connectivity index (χ3n) is 3.43. The molecule has 1 fully saturated rings. The number of benzene rings is 1. The number of aromatic carboxylic acids is 1. The van der Waals surface area contributed by atoms with Gasteiger partial charge in [-0.2, -0.15) is 0 Å². The third-order valence-corrected chi connectivity index (χ3v) is 4.26. The first-order valence-electron chi connectivity index (χ1n) is 6.47. The predicted octanol–water partition coefficient (Wildman–Crippen LogP) is 2.17. The highest BCUT2D eigenvalue weighted by Crippen LogP contribution is 2.22. The highest BCUT2D eigenvalue weighted by atomic mass is 32.1. The van der Waals surface area contributed by atoms with Gasteiger partial charge in [0.1, 0.15) is 0 Å². The van der Waals surface area contributed by atoms with Crippen molar-refractivity contribution in [3.05, 3.63) is 41.4 Å². The smallest absolute Gasteiger partial charge is 0.335 e. The van der Waals surface area contributed by atoms with Crippen LogP contribution >= 0.6 is 11.3 Å². The molecule has 20 heavy (non-hydrogen) atoms. The number of aromatic nitrogens is 1. The van der Waals surface area contributed by atoms with Gasteiger partial charge in [0.2, 0.25) is 0 Å². The molecule has 1 saturated heterocycles. The summed E-state index contributed by atoms with van der Waals surface area (Å²) in [5, 5.41) is 12.1. The Hall–Kier alpha value is -2.08. The molecule has 2 heterocycles. The highest BCUT2D eigenvalue weighted by Gasteiger charge is 2.19. The molecule has 0 saturated carbocycles. The molecule has 3 rings (SSSR count). The second kappa shape index (κ2) is 5.50. The number of hydrogen-bond acceptors (Lipinski definition) is 5. The van der Waals surface area contributed by atoms with Gasteiger partial charge in [-0.05, 0) is 18.2 Å². The number of hydrogen-bond donors (Lipinski definition) is 1. The topological polar surface area (TPSA) is 56.7 Å². The Balaban J connectivity index is 1.69. The van der Waals surface area contributed by atoms with Crippen LogP contribution in [0.1, 0.15) is 10.4 Å². The molecule has 0 spiro atoms. The van der Waals surface area contributed by atoms with Gasteiger partial charge in [0, 0.05) is 43.4 Å². The van der Waals surface area contributed by atoms with E-state index in [1.165, 1.54) is 0 Å². The maximum absolute atomic E-state index is 11.0. The summed E-state index contributed by atoms with van der Waals surface area (Å²) in [7, 11) is 0. The minimum Gasteiger partial charge on any atom is -0.478 e. The maximum atomic E-state index is 11.0. The molecule has 1 N–H and O–H groups in total. The summed E-state index contributed by atoms with van der Waals surface area (Å²) < 4.78 is 0. The predicted molar refractivity (Wildman–Crippen MR) is 79.9 cm³/mol. The summed E-state index contributed by atoms with van der Waals surface area (Å²) in [6, 6.07) is 7.12. The lowest BCUT2D eigenvalue weighted by molar-refractivity contribution is 0.0697. The number of nitrogens with zero attached hydrogens (tertiary/aromatic N) is 3. The van der Waals surface area contributed by atoms with Crippen LogP contribution in [-0.2, 0) is 0 Å². The zero-order valence-corrected chi connectivity index (χ0v) is 11.7. The van der Waals surface area contributed by atoms with Crippen molar-refractivity contribution in [3.63, 3.8) is 0 Å². The van der Waals surface area contributed by atoms with Crippen molar-refractivity contribution >= 4 is 28.1 Å². The van der Waals surface area contributed by atoms with Crippen LogP contribution in [-0.4, -0.2) is 42.2 Å². The summed E-state index contributed by atoms with van der Waals surface area (Å²) in [6.45, 7) is 3.57. The Morgan fingerprint density at radius 1 is 1.20 bits per heavy atom. The summed E-state index contributed by atoms with van der Waals surface area (Å²) in [6.07, 6.45) is 1.82. The van der Waals surface area contributed by atoms with Crippen molar-refractivity contribution in [2.24, 2.45) is 0 Å². The molecule has 6 heteroatoms. The number of carbonyl (C=O) groups is 1. The molecule has 0 amide bonds. The zero-order valence-electron chi connectivity index (χ0n) is 10.9. The second-order valence-corrected chi connectivity index (χ2v) is 5.52. The number of anilines is 2. The van der Waals surface area contributed by atoms with Gasteiger partial charge in [0.25, 0.3) is 0 Å². The average Bonchev–Trinajstić information content (AvgIpc) is 3.02. The first kappa shape index (κ1) is 12.9. The van der Waals surface area contributed by atoms with E-state index in [1.54, 1.807) is 29.5 Å². The maximum Gasteiger partial charge on any atom is 0.335 e. The van der Waals surface area contributed by atoms with Crippen LogP contribution in [0.4, 0.5) is 10.8 Å². The molecular formula is C14H15N3O2S. The van der Waals surface area contributed by atoms with Crippen LogP contribution in [0.25, 0.3) is 0 Å². The van der Waals surface area contributed by atoms with Crippen LogP contribution in [0, 0.1) is 0 Å². The van der Waals surface area contributed by atoms with Crippen molar-refractivity contribution in [2.75, 3.05) is 36.0 Å². The molecule has 0 bridgehead atoms. The standard InChI is InChI=1S/C14H15N3O2S/c18-13(19)11-2-1-3-12(10-11)16-5-7-17(8-6-16)14-15-4-9-20-14/h1-4,9-10H,5-8H2,(H,18,19). The molecule has 0 unspecified atom stereocenters. The lowest BCUT2D eigenvalue weighted by Gasteiger charge is -2.36. The van der Waals surface area contributed by atoms with Crippen LogP contribution in [0.3, 0.4) is 0 Å². The van der Waals surface area contributed by atoms with Gasteiger partial charge in [-0.3, -0.25) is 0 Å². The van der Waals surface area contributed by atoms with E-state index in [1.807, 2.05) is 17.6 Å². The van der Waals surface area contributed by atoms with Gasteiger partial charge in [-0.15, -0.1) is 11.3 Å². The normalized spacial score (nSPS) is 15.4. The van der Waals surface area contributed by atoms with E-state index >= 15 is 0 Å². The lowest BCUT2D eigenvalue weighted by Crippen LogP contribution is -2.46. The summed E-state index contributed by atoms with van der Waals surface area (Å²) in [5.74, 6) is -0.881. The molecular weight excluding hydrogens is 274 g/mol. The van der Waals surface area contributed by atoms with Crippen molar-refractivity contribution < 1.29 is 9.90 Å². The van der Waals surface area contributed by atoms with Gasteiger partial charge < -0.3 is 14.9 Å². The van der Waals surface area contributed by atoms with Crippen molar-refractivity contribution in [2.45, 2.75) is 0 Å². The fourth-order valence-corrected chi connectivity index (χ4v) is 3.06. The Kier molecular flexibility index (Phi) is 3.56. The molecule has 0 atom stereocenters. The van der Waals surface area contributed by atoms with Crippen molar-refractivity contribution in [1.29, 1.82) is 0 Å². The molecule has 0 radical (unpaired) electrons. The molecule has 1 aliphatic rings. The molecule has 0 aliphatic carbocycles.